The van der Waals surface area contributed by atoms with Crippen molar-refractivity contribution in [3.8, 4) is 0 Å². The summed E-state index contributed by atoms with van der Waals surface area (Å²) in [5.74, 6) is 0. The molecule has 0 aliphatic carbocycles. The van der Waals surface area contributed by atoms with Crippen molar-refractivity contribution in [2.24, 2.45) is 0 Å². The predicted octanol–water partition coefficient (Wildman–Crippen LogP) is 5.59. The normalized spacial score (nSPS) is 15.0. The first-order valence-corrected chi connectivity index (χ1v) is 12.4. The first kappa shape index (κ1) is 19.8. The summed E-state index contributed by atoms with van der Waals surface area (Å²) in [6.45, 7) is 1.02. The number of para-hydroxylation sites is 1. The third-order valence-electron chi connectivity index (χ3n) is 2.88. The SMILES string of the molecule is C[N+](C)(Cc1ccccc1)c1ccccc1.[F][Sb-]([F])([F])([F])([F])[F]. The number of rotatable bonds is 3. The molecule has 0 bridgehead atoms. The van der Waals surface area contributed by atoms with Gasteiger partial charge >= 0.3 is 36.4 Å². The maximum atomic E-state index is 9.93. The zero-order valence-electron chi connectivity index (χ0n) is 12.6. The van der Waals surface area contributed by atoms with Crippen LogP contribution in [0.15, 0.2) is 60.7 Å². The van der Waals surface area contributed by atoms with Crippen LogP contribution in [0.25, 0.3) is 0 Å². The van der Waals surface area contributed by atoms with Crippen molar-refractivity contribution in [1.29, 1.82) is 0 Å². The van der Waals surface area contributed by atoms with Crippen LogP contribution in [0.4, 0.5) is 22.6 Å². The zero-order valence-corrected chi connectivity index (χ0v) is 15.2. The van der Waals surface area contributed by atoms with E-state index in [1.165, 1.54) is 11.3 Å². The molecule has 0 aliphatic rings. The topological polar surface area (TPSA) is 0 Å². The molecule has 2 aromatic carbocycles. The Morgan fingerprint density at radius 1 is 0.696 bits per heavy atom. The van der Waals surface area contributed by atoms with Crippen molar-refractivity contribution >= 4 is 25.2 Å². The van der Waals surface area contributed by atoms with Gasteiger partial charge in [-0.3, -0.25) is 4.48 Å². The van der Waals surface area contributed by atoms with Crippen LogP contribution in [0.3, 0.4) is 0 Å². The van der Waals surface area contributed by atoms with Crippen LogP contribution < -0.4 is 4.48 Å². The third-order valence-corrected chi connectivity index (χ3v) is 2.88. The summed E-state index contributed by atoms with van der Waals surface area (Å²) >= 11 is -11.2. The summed E-state index contributed by atoms with van der Waals surface area (Å²) in [6, 6.07) is 21.2. The molecule has 0 aliphatic heterocycles. The van der Waals surface area contributed by atoms with Crippen LogP contribution in [0.2, 0.25) is 0 Å². The molecule has 8 heteroatoms. The summed E-state index contributed by atoms with van der Waals surface area (Å²) in [7, 11) is 4.48. The molecule has 1 nitrogen and oxygen atoms in total. The van der Waals surface area contributed by atoms with Gasteiger partial charge in [-0.2, -0.15) is 0 Å². The molecule has 0 heterocycles. The van der Waals surface area contributed by atoms with Gasteiger partial charge in [0.05, 0.1) is 14.1 Å². The summed E-state index contributed by atoms with van der Waals surface area (Å²) in [4.78, 5) is 0. The van der Waals surface area contributed by atoms with Crippen LogP contribution in [-0.2, 0) is 6.54 Å². The first-order valence-electron chi connectivity index (χ1n) is 6.62. The van der Waals surface area contributed by atoms with Crippen molar-refractivity contribution < 1.29 is 16.9 Å². The van der Waals surface area contributed by atoms with E-state index < -0.39 is 19.5 Å². The number of quaternary nitrogens is 1. The Hall–Kier alpha value is -1.20. The van der Waals surface area contributed by atoms with Gasteiger partial charge in [0.25, 0.3) is 0 Å². The minimum atomic E-state index is -11.2. The molecule has 0 atom stereocenters. The van der Waals surface area contributed by atoms with Crippen LogP contribution in [-0.4, -0.2) is 33.6 Å². The van der Waals surface area contributed by atoms with Crippen molar-refractivity contribution in [2.75, 3.05) is 14.1 Å². The Morgan fingerprint density at radius 3 is 1.43 bits per heavy atom. The molecule has 0 aromatic heterocycles. The fourth-order valence-corrected chi connectivity index (χ4v) is 1.96. The Kier molecular flexibility index (Phi) is 5.19. The Labute approximate surface area is 133 Å². The second kappa shape index (κ2) is 6.02. The zero-order chi connectivity index (χ0) is 17.8. The Balaban J connectivity index is 0.000000322. The molecule has 0 unspecified atom stereocenters. The molecular formula is C15H18F6NSb. The third kappa shape index (κ3) is 11.0. The number of halogens is 6. The van der Waals surface area contributed by atoms with E-state index in [-0.39, 0.29) is 0 Å². The molecule has 23 heavy (non-hydrogen) atoms. The predicted molar refractivity (Wildman–Crippen MR) is 82.6 cm³/mol. The Bertz CT molecular complexity index is 612. The van der Waals surface area contributed by atoms with Crippen molar-refractivity contribution in [3.63, 3.8) is 0 Å². The summed E-state index contributed by atoms with van der Waals surface area (Å²) in [5, 5.41) is 0. The molecule has 0 amide bonds. The molecular weight excluding hydrogens is 430 g/mol. The molecule has 2 rings (SSSR count). The summed E-state index contributed by atoms with van der Waals surface area (Å²) in [6.07, 6.45) is 0. The average molecular weight is 448 g/mol. The van der Waals surface area contributed by atoms with E-state index in [2.05, 4.69) is 74.8 Å². The van der Waals surface area contributed by atoms with Crippen LogP contribution in [0.5, 0.6) is 0 Å². The molecule has 2 aromatic rings. The van der Waals surface area contributed by atoms with E-state index >= 15 is 0 Å². The quantitative estimate of drug-likeness (QED) is 0.326. The fraction of sp³-hybridized carbons (Fsp3) is 0.200. The first-order chi connectivity index (χ1) is 10.1. The average Bonchev–Trinajstić information content (AvgIpc) is 2.37. The van der Waals surface area contributed by atoms with Gasteiger partial charge in [0.15, 0.2) is 0 Å². The molecule has 0 N–H and O–H groups in total. The molecule has 0 saturated heterocycles. The van der Waals surface area contributed by atoms with Crippen molar-refractivity contribution in [1.82, 2.24) is 4.48 Å². The van der Waals surface area contributed by atoms with E-state index in [0.717, 1.165) is 11.0 Å². The Morgan fingerprint density at radius 2 is 1.04 bits per heavy atom. The second-order valence-corrected chi connectivity index (χ2v) is 11.1. The number of hydrogen-bond donors (Lipinski definition) is 0. The van der Waals surface area contributed by atoms with E-state index in [1.54, 1.807) is 0 Å². The molecule has 0 spiro atoms. The van der Waals surface area contributed by atoms with Gasteiger partial charge in [-0.15, -0.1) is 0 Å². The second-order valence-electron chi connectivity index (χ2n) is 5.62. The van der Waals surface area contributed by atoms with Gasteiger partial charge in [-0.05, 0) is 12.1 Å². The van der Waals surface area contributed by atoms with Gasteiger partial charge in [0, 0.05) is 5.56 Å². The van der Waals surface area contributed by atoms with Crippen LogP contribution in [0, 0.1) is 0 Å². The monoisotopic (exact) mass is 447 g/mol. The van der Waals surface area contributed by atoms with Gasteiger partial charge < -0.3 is 0 Å². The summed E-state index contributed by atoms with van der Waals surface area (Å²) in [5.41, 5.74) is 2.71. The maximum absolute atomic E-state index is 11.2. The number of benzene rings is 2. The fourth-order valence-electron chi connectivity index (χ4n) is 1.96. The summed E-state index contributed by atoms with van der Waals surface area (Å²) < 4.78 is 60.4. The number of hydrogen-bond acceptors (Lipinski definition) is 0. The van der Waals surface area contributed by atoms with E-state index in [0.29, 0.717) is 0 Å². The van der Waals surface area contributed by atoms with Gasteiger partial charge in [-0.25, -0.2) is 0 Å². The molecule has 130 valence electrons. The van der Waals surface area contributed by atoms with Crippen molar-refractivity contribution in [3.05, 3.63) is 66.2 Å². The van der Waals surface area contributed by atoms with Gasteiger partial charge in [0.2, 0.25) is 0 Å². The minimum absolute atomic E-state index is 0.880. The van der Waals surface area contributed by atoms with Gasteiger partial charge in [0.1, 0.15) is 12.2 Å². The molecule has 0 saturated carbocycles. The van der Waals surface area contributed by atoms with E-state index in [1.807, 2.05) is 0 Å². The van der Waals surface area contributed by atoms with Gasteiger partial charge in [-0.1, -0.05) is 48.5 Å². The van der Waals surface area contributed by atoms with Crippen LogP contribution in [0.1, 0.15) is 5.56 Å². The van der Waals surface area contributed by atoms with E-state index in [4.69, 9.17) is 0 Å². The molecule has 0 fully saturated rings. The number of nitrogens with zero attached hydrogens (tertiary/aromatic N) is 1. The van der Waals surface area contributed by atoms with E-state index in [9.17, 15) is 16.9 Å². The standard InChI is InChI=1S/C15H18N.6FH.Sb/c1-16(2,15-11-7-4-8-12-15)13-14-9-5-3-6-10-14;;;;;;;/h3-12H,13H2,1-2H3;6*1H;/q+1;;;;;;;+5/p-6. The molecule has 0 radical (unpaired) electrons. The van der Waals surface area contributed by atoms with Crippen molar-refractivity contribution in [2.45, 2.75) is 6.54 Å². The van der Waals surface area contributed by atoms with Crippen LogP contribution >= 0.6 is 0 Å².